The van der Waals surface area contributed by atoms with Crippen LogP contribution in [0.1, 0.15) is 22.3 Å². The molecule has 1 atom stereocenters. The number of rotatable bonds is 4. The number of para-hydroxylation sites is 3. The summed E-state index contributed by atoms with van der Waals surface area (Å²) < 4.78 is 6.93. The normalized spacial score (nSPS) is 15.2. The predicted molar refractivity (Wildman–Crippen MR) is 201 cm³/mol. The molecule has 0 fully saturated rings. The summed E-state index contributed by atoms with van der Waals surface area (Å²) in [5.41, 5.74) is 12.4. The molecule has 2 heteroatoms. The maximum absolute atomic E-state index is 6.93. The Labute approximate surface area is 286 Å². The Hall–Kier alpha value is -6.38. The van der Waals surface area contributed by atoms with Gasteiger partial charge >= 0.3 is 0 Å². The second-order valence-corrected chi connectivity index (χ2v) is 12.9. The van der Waals surface area contributed by atoms with Gasteiger partial charge in [-0.2, -0.15) is 0 Å². The van der Waals surface area contributed by atoms with Crippen LogP contribution in [0.3, 0.4) is 0 Å². The third-order valence-electron chi connectivity index (χ3n) is 10.3. The van der Waals surface area contributed by atoms with Crippen molar-refractivity contribution < 1.29 is 4.74 Å². The zero-order valence-electron chi connectivity index (χ0n) is 26.8. The molecule has 0 amide bonds. The molecular weight excluding hydrogens is 595 g/mol. The van der Waals surface area contributed by atoms with Gasteiger partial charge in [-0.05, 0) is 81.1 Å². The molecule has 49 heavy (non-hydrogen) atoms. The van der Waals surface area contributed by atoms with Crippen LogP contribution in [0.25, 0.3) is 33.0 Å². The van der Waals surface area contributed by atoms with Crippen molar-refractivity contribution in [2.45, 2.75) is 5.41 Å². The Morgan fingerprint density at radius 2 is 0.980 bits per heavy atom. The van der Waals surface area contributed by atoms with E-state index in [1.54, 1.807) is 0 Å². The predicted octanol–water partition coefficient (Wildman–Crippen LogP) is 12.4. The molecule has 1 aliphatic heterocycles. The van der Waals surface area contributed by atoms with E-state index in [0.29, 0.717) is 0 Å². The summed E-state index contributed by atoms with van der Waals surface area (Å²) in [6, 6.07) is 67.8. The van der Waals surface area contributed by atoms with Gasteiger partial charge in [-0.3, -0.25) is 0 Å². The number of nitrogens with zero attached hydrogens (tertiary/aromatic N) is 1. The van der Waals surface area contributed by atoms with Crippen LogP contribution < -0.4 is 9.64 Å². The Balaban J connectivity index is 1.28. The molecule has 1 heterocycles. The quantitative estimate of drug-likeness (QED) is 0.193. The van der Waals surface area contributed by atoms with Gasteiger partial charge in [-0.15, -0.1) is 0 Å². The third-order valence-corrected chi connectivity index (χ3v) is 10.3. The first-order valence-corrected chi connectivity index (χ1v) is 16.9. The van der Waals surface area contributed by atoms with Crippen LogP contribution in [0.5, 0.6) is 11.5 Å². The average molecular weight is 626 g/mol. The maximum Gasteiger partial charge on any atom is 0.140 e. The van der Waals surface area contributed by atoms with E-state index in [4.69, 9.17) is 4.74 Å². The minimum absolute atomic E-state index is 0.581. The molecule has 230 valence electrons. The highest BCUT2D eigenvalue weighted by molar-refractivity contribution is 5.94. The van der Waals surface area contributed by atoms with Gasteiger partial charge in [0.05, 0.1) is 5.41 Å². The van der Waals surface area contributed by atoms with E-state index in [2.05, 4.69) is 193 Å². The van der Waals surface area contributed by atoms with Crippen LogP contribution in [-0.4, -0.2) is 0 Å². The number of fused-ring (bicyclic) bond motifs is 10. The number of ether oxygens (including phenoxy) is 1. The summed E-state index contributed by atoms with van der Waals surface area (Å²) >= 11 is 0. The van der Waals surface area contributed by atoms with Gasteiger partial charge in [-0.1, -0.05) is 146 Å². The molecule has 0 radical (unpaired) electrons. The lowest BCUT2D eigenvalue weighted by Crippen LogP contribution is -2.32. The summed E-state index contributed by atoms with van der Waals surface area (Å²) in [4.78, 5) is 2.38. The molecule has 1 aliphatic carbocycles. The highest BCUT2D eigenvalue weighted by Gasteiger charge is 2.51. The number of hydrogen-bond acceptors (Lipinski definition) is 2. The van der Waals surface area contributed by atoms with Crippen molar-refractivity contribution in [2.75, 3.05) is 4.90 Å². The Bertz CT molecular complexity index is 2540. The van der Waals surface area contributed by atoms with E-state index in [1.807, 2.05) is 0 Å². The SMILES string of the molecule is c1ccc(-c2cccc3c2Oc2ccccc2C32c3ccccc3-c3ccc(N(c4ccccc4)c4ccc5ccccc5c4)cc32)cc1. The van der Waals surface area contributed by atoms with Crippen LogP contribution in [0.2, 0.25) is 0 Å². The molecule has 2 nitrogen and oxygen atoms in total. The van der Waals surface area contributed by atoms with Crippen LogP contribution in [0.15, 0.2) is 188 Å². The van der Waals surface area contributed by atoms with Crippen LogP contribution in [0, 0.1) is 0 Å². The van der Waals surface area contributed by atoms with E-state index < -0.39 is 5.41 Å². The highest BCUT2D eigenvalue weighted by atomic mass is 16.5. The molecule has 10 rings (SSSR count). The Kier molecular flexibility index (Phi) is 6.13. The van der Waals surface area contributed by atoms with Gasteiger partial charge in [0.15, 0.2) is 0 Å². The van der Waals surface area contributed by atoms with Gasteiger partial charge in [-0.25, -0.2) is 0 Å². The van der Waals surface area contributed by atoms with Crippen LogP contribution in [0.4, 0.5) is 17.1 Å². The third kappa shape index (κ3) is 4.07. The Morgan fingerprint density at radius 1 is 0.367 bits per heavy atom. The maximum atomic E-state index is 6.93. The molecule has 0 saturated carbocycles. The molecule has 0 aromatic heterocycles. The van der Waals surface area contributed by atoms with E-state index in [0.717, 1.165) is 50.8 Å². The fourth-order valence-corrected chi connectivity index (χ4v) is 8.23. The van der Waals surface area contributed by atoms with E-state index in [-0.39, 0.29) is 0 Å². The monoisotopic (exact) mass is 625 g/mol. The van der Waals surface area contributed by atoms with Crippen molar-refractivity contribution >= 4 is 27.8 Å². The summed E-state index contributed by atoms with van der Waals surface area (Å²) in [6.07, 6.45) is 0. The van der Waals surface area contributed by atoms with Crippen molar-refractivity contribution in [1.29, 1.82) is 0 Å². The van der Waals surface area contributed by atoms with Gasteiger partial charge in [0, 0.05) is 33.8 Å². The molecule has 1 unspecified atom stereocenters. The second-order valence-electron chi connectivity index (χ2n) is 12.9. The molecule has 1 spiro atoms. The standard InChI is InChI=1S/C47H31NO/c1-3-15-33(16-4-1)38-21-13-24-43-46(38)49-45-25-12-11-23-42(45)47(43)41-22-10-9-20-39(41)40-29-28-37(31-44(40)47)48(35-18-5-2-6-19-35)36-27-26-32-14-7-8-17-34(32)30-36/h1-31H. The first-order valence-electron chi connectivity index (χ1n) is 16.9. The number of hydrogen-bond donors (Lipinski definition) is 0. The fraction of sp³-hybridized carbons (Fsp3) is 0.0213. The summed E-state index contributed by atoms with van der Waals surface area (Å²) in [7, 11) is 0. The first-order chi connectivity index (χ1) is 24.3. The lowest BCUT2D eigenvalue weighted by Gasteiger charge is -2.40. The molecule has 0 saturated heterocycles. The molecule has 0 N–H and O–H groups in total. The topological polar surface area (TPSA) is 12.5 Å². The summed E-state index contributed by atoms with van der Waals surface area (Å²) in [6.45, 7) is 0. The smallest absolute Gasteiger partial charge is 0.140 e. The van der Waals surface area contributed by atoms with Crippen molar-refractivity contribution in [2.24, 2.45) is 0 Å². The fourth-order valence-electron chi connectivity index (χ4n) is 8.23. The van der Waals surface area contributed by atoms with Crippen molar-refractivity contribution in [1.82, 2.24) is 0 Å². The highest BCUT2D eigenvalue weighted by Crippen LogP contribution is 2.63. The molecule has 8 aromatic carbocycles. The number of benzene rings is 8. The van der Waals surface area contributed by atoms with Crippen LogP contribution in [-0.2, 0) is 5.41 Å². The van der Waals surface area contributed by atoms with Gasteiger partial charge in [0.2, 0.25) is 0 Å². The lowest BCUT2D eigenvalue weighted by atomic mass is 9.65. The van der Waals surface area contributed by atoms with Gasteiger partial charge in [0.1, 0.15) is 11.5 Å². The molecule has 8 aromatic rings. The lowest BCUT2D eigenvalue weighted by molar-refractivity contribution is 0.438. The van der Waals surface area contributed by atoms with Crippen molar-refractivity contribution in [3.63, 3.8) is 0 Å². The van der Waals surface area contributed by atoms with Crippen molar-refractivity contribution in [3.8, 4) is 33.8 Å². The summed E-state index contributed by atoms with van der Waals surface area (Å²) in [5, 5.41) is 2.44. The Morgan fingerprint density at radius 3 is 1.84 bits per heavy atom. The minimum Gasteiger partial charge on any atom is -0.456 e. The number of anilines is 3. The van der Waals surface area contributed by atoms with Crippen molar-refractivity contribution in [3.05, 3.63) is 210 Å². The van der Waals surface area contributed by atoms with Crippen LogP contribution >= 0.6 is 0 Å². The zero-order chi connectivity index (χ0) is 32.4. The molecule has 0 bridgehead atoms. The second kappa shape index (κ2) is 10.8. The molecule has 2 aliphatic rings. The first kappa shape index (κ1) is 27.7. The van der Waals surface area contributed by atoms with E-state index in [9.17, 15) is 0 Å². The van der Waals surface area contributed by atoms with E-state index >= 15 is 0 Å². The largest absolute Gasteiger partial charge is 0.456 e. The van der Waals surface area contributed by atoms with E-state index in [1.165, 1.54) is 33.0 Å². The minimum atomic E-state index is -0.581. The molecular formula is C47H31NO. The van der Waals surface area contributed by atoms with Gasteiger partial charge in [0.25, 0.3) is 0 Å². The summed E-state index contributed by atoms with van der Waals surface area (Å²) in [5.74, 6) is 1.80. The average Bonchev–Trinajstić information content (AvgIpc) is 3.45. The zero-order valence-corrected chi connectivity index (χ0v) is 26.8. The van der Waals surface area contributed by atoms with Gasteiger partial charge < -0.3 is 9.64 Å².